The zero-order valence-electron chi connectivity index (χ0n) is 15.7. The Morgan fingerprint density at radius 3 is 2.15 bits per heavy atom. The number of rotatable bonds is 6. The number of aromatic nitrogens is 1. The third-order valence-corrected chi connectivity index (χ3v) is 4.22. The van der Waals surface area contributed by atoms with Crippen LogP contribution in [0.25, 0.3) is 0 Å². The van der Waals surface area contributed by atoms with E-state index in [-0.39, 0.29) is 5.91 Å². The van der Waals surface area contributed by atoms with Gasteiger partial charge in [-0.3, -0.25) is 4.79 Å². The second-order valence-corrected chi connectivity index (χ2v) is 6.52. The van der Waals surface area contributed by atoms with Gasteiger partial charge in [0.25, 0.3) is 5.91 Å². The Balaban J connectivity index is 1.61. The lowest BCUT2D eigenvalue weighted by atomic mass is 10.0. The molecule has 0 unspecified atom stereocenters. The first-order valence-corrected chi connectivity index (χ1v) is 8.83. The highest BCUT2D eigenvalue weighted by Gasteiger charge is 2.07. The van der Waals surface area contributed by atoms with Crippen LogP contribution in [-0.4, -0.2) is 18.0 Å². The average molecular weight is 361 g/mol. The van der Waals surface area contributed by atoms with Crippen molar-refractivity contribution in [3.05, 3.63) is 78.0 Å². The van der Waals surface area contributed by atoms with Gasteiger partial charge >= 0.3 is 0 Å². The highest BCUT2D eigenvalue weighted by atomic mass is 16.5. The van der Waals surface area contributed by atoms with Crippen molar-refractivity contribution in [3.63, 3.8) is 0 Å². The van der Waals surface area contributed by atoms with Gasteiger partial charge in [0, 0.05) is 11.3 Å². The number of nitrogens with zero attached hydrogens (tertiary/aromatic N) is 1. The van der Waals surface area contributed by atoms with Gasteiger partial charge in [0.1, 0.15) is 11.6 Å². The Morgan fingerprint density at radius 1 is 0.926 bits per heavy atom. The SMILES string of the molecule is COc1ccc(C(=O)Nc2ccc(Nc3ccc(C(C)C)cc3)cn2)cc1. The molecule has 5 heteroatoms. The molecule has 0 radical (unpaired) electrons. The first-order chi connectivity index (χ1) is 13.0. The Bertz CT molecular complexity index is 886. The van der Waals surface area contributed by atoms with Crippen LogP contribution in [0.2, 0.25) is 0 Å². The maximum atomic E-state index is 12.3. The quantitative estimate of drug-likeness (QED) is 0.633. The van der Waals surface area contributed by atoms with E-state index in [2.05, 4.69) is 53.7 Å². The lowest BCUT2D eigenvalue weighted by molar-refractivity contribution is 0.102. The van der Waals surface area contributed by atoms with Crippen LogP contribution in [0.1, 0.15) is 35.7 Å². The van der Waals surface area contributed by atoms with Gasteiger partial charge in [0.2, 0.25) is 0 Å². The molecule has 2 aromatic carbocycles. The molecular formula is C22H23N3O2. The Morgan fingerprint density at radius 2 is 1.59 bits per heavy atom. The van der Waals surface area contributed by atoms with Crippen molar-refractivity contribution in [3.8, 4) is 5.75 Å². The molecule has 27 heavy (non-hydrogen) atoms. The summed E-state index contributed by atoms with van der Waals surface area (Å²) in [6.07, 6.45) is 1.69. The first kappa shape index (κ1) is 18.5. The monoisotopic (exact) mass is 361 g/mol. The topological polar surface area (TPSA) is 63.2 Å². The van der Waals surface area contributed by atoms with Gasteiger partial charge in [0.15, 0.2) is 0 Å². The molecule has 1 heterocycles. The second-order valence-electron chi connectivity index (χ2n) is 6.52. The molecule has 1 amide bonds. The number of pyridine rings is 1. The van der Waals surface area contributed by atoms with E-state index in [4.69, 9.17) is 4.74 Å². The molecule has 3 rings (SSSR count). The average Bonchev–Trinajstić information content (AvgIpc) is 2.70. The number of hydrogen-bond acceptors (Lipinski definition) is 4. The van der Waals surface area contributed by atoms with Crippen molar-refractivity contribution >= 4 is 23.1 Å². The lowest BCUT2D eigenvalue weighted by Gasteiger charge is -2.10. The molecule has 0 atom stereocenters. The number of amides is 1. The zero-order valence-corrected chi connectivity index (χ0v) is 15.7. The largest absolute Gasteiger partial charge is 0.497 e. The summed E-state index contributed by atoms with van der Waals surface area (Å²) in [5.41, 5.74) is 3.70. The van der Waals surface area contributed by atoms with Crippen molar-refractivity contribution in [2.45, 2.75) is 19.8 Å². The molecule has 5 nitrogen and oxygen atoms in total. The first-order valence-electron chi connectivity index (χ1n) is 8.83. The molecule has 3 aromatic rings. The van der Waals surface area contributed by atoms with Crippen LogP contribution in [0.4, 0.5) is 17.2 Å². The maximum absolute atomic E-state index is 12.3. The van der Waals surface area contributed by atoms with Crippen LogP contribution >= 0.6 is 0 Å². The summed E-state index contributed by atoms with van der Waals surface area (Å²) in [5, 5.41) is 6.09. The molecule has 138 valence electrons. The Kier molecular flexibility index (Phi) is 5.71. The van der Waals surface area contributed by atoms with Crippen molar-refractivity contribution < 1.29 is 9.53 Å². The molecular weight excluding hydrogens is 338 g/mol. The highest BCUT2D eigenvalue weighted by Crippen LogP contribution is 2.21. The maximum Gasteiger partial charge on any atom is 0.256 e. The summed E-state index contributed by atoms with van der Waals surface area (Å²) in [7, 11) is 1.59. The molecule has 0 aliphatic carbocycles. The molecule has 0 aliphatic rings. The number of benzene rings is 2. The molecule has 0 bridgehead atoms. The number of ether oxygens (including phenoxy) is 1. The standard InChI is InChI=1S/C22H23N3O2/c1-15(2)16-4-8-18(9-5-16)24-19-10-13-21(23-14-19)25-22(26)17-6-11-20(27-3)12-7-17/h4-15,24H,1-3H3,(H,23,25,26). The third-order valence-electron chi connectivity index (χ3n) is 4.22. The zero-order chi connectivity index (χ0) is 19.2. The fourth-order valence-electron chi connectivity index (χ4n) is 2.59. The van der Waals surface area contributed by atoms with Crippen LogP contribution in [0.3, 0.4) is 0 Å². The van der Waals surface area contributed by atoms with Gasteiger partial charge in [-0.2, -0.15) is 0 Å². The summed E-state index contributed by atoms with van der Waals surface area (Å²) in [6.45, 7) is 4.34. The number of carbonyl (C=O) groups excluding carboxylic acids is 1. The van der Waals surface area contributed by atoms with Gasteiger partial charge in [-0.05, 0) is 60.0 Å². The fraction of sp³-hybridized carbons (Fsp3) is 0.182. The molecule has 0 aliphatic heterocycles. The van der Waals surface area contributed by atoms with Gasteiger partial charge in [-0.25, -0.2) is 4.98 Å². The van der Waals surface area contributed by atoms with Crippen molar-refractivity contribution in [1.82, 2.24) is 4.98 Å². The summed E-state index contributed by atoms with van der Waals surface area (Å²) >= 11 is 0. The summed E-state index contributed by atoms with van der Waals surface area (Å²) < 4.78 is 5.10. The predicted octanol–water partition coefficient (Wildman–Crippen LogP) is 5.21. The molecule has 0 fully saturated rings. The lowest BCUT2D eigenvalue weighted by Crippen LogP contribution is -2.12. The second kappa shape index (κ2) is 8.36. The number of carbonyl (C=O) groups is 1. The van der Waals surface area contributed by atoms with E-state index < -0.39 is 0 Å². The van der Waals surface area contributed by atoms with E-state index in [0.29, 0.717) is 23.0 Å². The van der Waals surface area contributed by atoms with Crippen LogP contribution < -0.4 is 15.4 Å². The van der Waals surface area contributed by atoms with Crippen molar-refractivity contribution in [2.75, 3.05) is 17.7 Å². The fourth-order valence-corrected chi connectivity index (χ4v) is 2.59. The molecule has 0 saturated carbocycles. The smallest absolute Gasteiger partial charge is 0.256 e. The van der Waals surface area contributed by atoms with Gasteiger partial charge in [-0.15, -0.1) is 0 Å². The van der Waals surface area contributed by atoms with Crippen LogP contribution in [0, 0.1) is 0 Å². The number of nitrogens with one attached hydrogen (secondary N) is 2. The number of anilines is 3. The predicted molar refractivity (Wildman–Crippen MR) is 109 cm³/mol. The summed E-state index contributed by atoms with van der Waals surface area (Å²) in [6, 6.07) is 18.9. The molecule has 1 aromatic heterocycles. The Labute approximate surface area is 159 Å². The highest BCUT2D eigenvalue weighted by molar-refractivity contribution is 6.03. The summed E-state index contributed by atoms with van der Waals surface area (Å²) in [4.78, 5) is 16.6. The van der Waals surface area contributed by atoms with E-state index >= 15 is 0 Å². The summed E-state index contributed by atoms with van der Waals surface area (Å²) in [5.74, 6) is 1.50. The van der Waals surface area contributed by atoms with Crippen LogP contribution in [-0.2, 0) is 0 Å². The minimum atomic E-state index is -0.213. The third kappa shape index (κ3) is 4.85. The van der Waals surface area contributed by atoms with E-state index in [1.54, 1.807) is 43.6 Å². The van der Waals surface area contributed by atoms with Crippen molar-refractivity contribution in [2.24, 2.45) is 0 Å². The van der Waals surface area contributed by atoms with Crippen LogP contribution in [0.15, 0.2) is 66.9 Å². The molecule has 0 spiro atoms. The number of hydrogen-bond donors (Lipinski definition) is 2. The van der Waals surface area contributed by atoms with Gasteiger partial charge < -0.3 is 15.4 Å². The van der Waals surface area contributed by atoms with E-state index in [0.717, 1.165) is 11.4 Å². The van der Waals surface area contributed by atoms with Gasteiger partial charge in [-0.1, -0.05) is 26.0 Å². The molecule has 0 saturated heterocycles. The normalized spacial score (nSPS) is 10.5. The van der Waals surface area contributed by atoms with Gasteiger partial charge in [0.05, 0.1) is 19.0 Å². The van der Waals surface area contributed by atoms with E-state index in [1.165, 1.54) is 5.56 Å². The van der Waals surface area contributed by atoms with E-state index in [1.807, 2.05) is 6.07 Å². The van der Waals surface area contributed by atoms with E-state index in [9.17, 15) is 4.79 Å². The minimum absolute atomic E-state index is 0.213. The van der Waals surface area contributed by atoms with Crippen LogP contribution in [0.5, 0.6) is 5.75 Å². The molecule has 2 N–H and O–H groups in total. The number of methoxy groups -OCH3 is 1. The van der Waals surface area contributed by atoms with Crippen molar-refractivity contribution in [1.29, 1.82) is 0 Å². The Hall–Kier alpha value is -3.34. The minimum Gasteiger partial charge on any atom is -0.497 e.